The molecule has 1 unspecified atom stereocenters. The second-order valence-electron chi connectivity index (χ2n) is 7.08. The molecule has 2 aliphatic heterocycles. The number of imide groups is 2. The maximum Gasteiger partial charge on any atom is 0.266 e. The monoisotopic (exact) mass is 422 g/mol. The minimum absolute atomic E-state index is 0.0162. The summed E-state index contributed by atoms with van der Waals surface area (Å²) in [6.45, 7) is -0.402. The quantitative estimate of drug-likeness (QED) is 0.474. The zero-order valence-corrected chi connectivity index (χ0v) is 16.2. The Kier molecular flexibility index (Phi) is 5.12. The number of nitrogens with two attached hydrogens (primary N) is 1. The number of carbonyl (C=O) groups is 5. The Morgan fingerprint density at radius 3 is 2.55 bits per heavy atom. The number of amides is 5. The third-order valence-corrected chi connectivity index (χ3v) is 4.98. The highest BCUT2D eigenvalue weighted by molar-refractivity contribution is 6.24. The summed E-state index contributed by atoms with van der Waals surface area (Å²) in [4.78, 5) is 62.3. The van der Waals surface area contributed by atoms with Gasteiger partial charge in [-0.05, 0) is 42.8 Å². The second-order valence-corrected chi connectivity index (χ2v) is 7.08. The standard InChI is InChI=1S/C21H18N4O6/c22-11-4-6-12(7-5-11)23-17(27)10-31-15-3-1-2-13-18(15)21(30)25(20(13)29)14-8-9-16(26)24-19(14)28/h1-7,14H,8-10,22H2,(H,23,27)(H,24,26,28). The van der Waals surface area contributed by atoms with Crippen LogP contribution >= 0.6 is 0 Å². The number of nitrogen functional groups attached to an aromatic ring is 1. The molecule has 5 amide bonds. The normalized spacial score (nSPS) is 17.9. The summed E-state index contributed by atoms with van der Waals surface area (Å²) in [6, 6.07) is 9.89. The molecule has 0 radical (unpaired) electrons. The van der Waals surface area contributed by atoms with Gasteiger partial charge in [0.2, 0.25) is 11.8 Å². The number of rotatable bonds is 5. The first-order chi connectivity index (χ1) is 14.8. The van der Waals surface area contributed by atoms with Gasteiger partial charge in [0.1, 0.15) is 11.8 Å². The van der Waals surface area contributed by atoms with E-state index in [1.54, 1.807) is 24.3 Å². The van der Waals surface area contributed by atoms with Crippen molar-refractivity contribution >= 4 is 40.9 Å². The van der Waals surface area contributed by atoms with Crippen molar-refractivity contribution in [3.63, 3.8) is 0 Å². The Labute approximate surface area is 176 Å². The molecule has 4 N–H and O–H groups in total. The van der Waals surface area contributed by atoms with Gasteiger partial charge in [-0.25, -0.2) is 0 Å². The molecule has 0 bridgehead atoms. The summed E-state index contributed by atoms with van der Waals surface area (Å²) < 4.78 is 5.51. The number of piperidine rings is 1. The number of anilines is 2. The lowest BCUT2D eigenvalue weighted by Gasteiger charge is -2.27. The lowest BCUT2D eigenvalue weighted by molar-refractivity contribution is -0.136. The number of nitrogens with zero attached hydrogens (tertiary/aromatic N) is 1. The van der Waals surface area contributed by atoms with E-state index in [1.807, 2.05) is 0 Å². The summed E-state index contributed by atoms with van der Waals surface area (Å²) in [6.07, 6.45) is 0.0782. The first kappa shape index (κ1) is 20.1. The van der Waals surface area contributed by atoms with Crippen LogP contribution in [0.15, 0.2) is 42.5 Å². The third-order valence-electron chi connectivity index (χ3n) is 4.98. The van der Waals surface area contributed by atoms with Crippen molar-refractivity contribution in [2.24, 2.45) is 0 Å². The van der Waals surface area contributed by atoms with E-state index in [1.165, 1.54) is 18.2 Å². The van der Waals surface area contributed by atoms with Crippen LogP contribution in [0.1, 0.15) is 33.6 Å². The fraction of sp³-hybridized carbons (Fsp3) is 0.190. The van der Waals surface area contributed by atoms with Crippen molar-refractivity contribution in [1.29, 1.82) is 0 Å². The van der Waals surface area contributed by atoms with Crippen LogP contribution in [-0.4, -0.2) is 47.1 Å². The van der Waals surface area contributed by atoms with Gasteiger partial charge in [-0.1, -0.05) is 6.07 Å². The van der Waals surface area contributed by atoms with E-state index in [-0.39, 0.29) is 29.7 Å². The fourth-order valence-electron chi connectivity index (χ4n) is 3.51. The van der Waals surface area contributed by atoms with Crippen LogP contribution < -0.4 is 21.1 Å². The smallest absolute Gasteiger partial charge is 0.266 e. The molecular weight excluding hydrogens is 404 g/mol. The van der Waals surface area contributed by atoms with E-state index in [0.29, 0.717) is 11.4 Å². The molecule has 2 aromatic rings. The van der Waals surface area contributed by atoms with E-state index < -0.39 is 42.2 Å². The van der Waals surface area contributed by atoms with Gasteiger partial charge < -0.3 is 15.8 Å². The molecule has 0 saturated carbocycles. The van der Waals surface area contributed by atoms with Gasteiger partial charge in [0.25, 0.3) is 17.7 Å². The lowest BCUT2D eigenvalue weighted by atomic mass is 10.0. The summed E-state index contributed by atoms with van der Waals surface area (Å²) >= 11 is 0. The molecule has 1 fully saturated rings. The van der Waals surface area contributed by atoms with Crippen LogP contribution in [0.4, 0.5) is 11.4 Å². The summed E-state index contributed by atoms with van der Waals surface area (Å²) in [5, 5.41) is 4.77. The predicted molar refractivity (Wildman–Crippen MR) is 108 cm³/mol. The Bertz CT molecular complexity index is 1110. The molecule has 1 saturated heterocycles. The molecule has 2 heterocycles. The Hall–Kier alpha value is -4.21. The highest BCUT2D eigenvalue weighted by Gasteiger charge is 2.46. The second kappa shape index (κ2) is 7.90. The molecule has 0 aliphatic carbocycles. The molecule has 31 heavy (non-hydrogen) atoms. The largest absolute Gasteiger partial charge is 0.483 e. The Morgan fingerprint density at radius 2 is 1.84 bits per heavy atom. The predicted octanol–water partition coefficient (Wildman–Crippen LogP) is 0.687. The van der Waals surface area contributed by atoms with Crippen molar-refractivity contribution in [2.75, 3.05) is 17.7 Å². The number of ether oxygens (including phenoxy) is 1. The minimum Gasteiger partial charge on any atom is -0.483 e. The van der Waals surface area contributed by atoms with Crippen molar-refractivity contribution in [3.05, 3.63) is 53.6 Å². The maximum absolute atomic E-state index is 13.0. The molecular formula is C21H18N4O6. The number of benzene rings is 2. The Morgan fingerprint density at radius 1 is 1.10 bits per heavy atom. The SMILES string of the molecule is Nc1ccc(NC(=O)COc2cccc3c2C(=O)N(C2CCC(=O)NC2=O)C3=O)cc1. The number of nitrogens with one attached hydrogen (secondary N) is 2. The first-order valence-corrected chi connectivity index (χ1v) is 9.48. The van der Waals surface area contributed by atoms with Gasteiger partial charge in [0.15, 0.2) is 6.61 Å². The number of carbonyl (C=O) groups excluding carboxylic acids is 5. The van der Waals surface area contributed by atoms with E-state index in [0.717, 1.165) is 4.90 Å². The van der Waals surface area contributed by atoms with Crippen LogP contribution in [0, 0.1) is 0 Å². The minimum atomic E-state index is -1.08. The number of fused-ring (bicyclic) bond motifs is 1. The summed E-state index contributed by atoms with van der Waals surface area (Å²) in [7, 11) is 0. The van der Waals surface area contributed by atoms with Gasteiger partial charge in [-0.15, -0.1) is 0 Å². The molecule has 10 nitrogen and oxygen atoms in total. The molecule has 2 aromatic carbocycles. The van der Waals surface area contributed by atoms with Crippen LogP contribution in [-0.2, 0) is 14.4 Å². The van der Waals surface area contributed by atoms with Crippen LogP contribution in [0.5, 0.6) is 5.75 Å². The molecule has 1 atom stereocenters. The molecule has 10 heteroatoms. The average Bonchev–Trinajstić information content (AvgIpc) is 2.99. The molecule has 158 valence electrons. The lowest BCUT2D eigenvalue weighted by Crippen LogP contribution is -2.54. The van der Waals surface area contributed by atoms with Gasteiger partial charge in [0.05, 0.1) is 11.1 Å². The van der Waals surface area contributed by atoms with E-state index in [4.69, 9.17) is 10.5 Å². The van der Waals surface area contributed by atoms with E-state index in [9.17, 15) is 24.0 Å². The van der Waals surface area contributed by atoms with Crippen molar-refractivity contribution in [1.82, 2.24) is 10.2 Å². The summed E-state index contributed by atoms with van der Waals surface area (Å²) in [5.41, 5.74) is 6.74. The number of hydrogen-bond acceptors (Lipinski definition) is 7. The van der Waals surface area contributed by atoms with Crippen molar-refractivity contribution in [2.45, 2.75) is 18.9 Å². The van der Waals surface area contributed by atoms with Crippen molar-refractivity contribution < 1.29 is 28.7 Å². The third kappa shape index (κ3) is 3.82. The van der Waals surface area contributed by atoms with Gasteiger partial charge in [-0.3, -0.25) is 34.2 Å². The van der Waals surface area contributed by atoms with Gasteiger partial charge in [-0.2, -0.15) is 0 Å². The molecule has 2 aliphatic rings. The highest BCUT2D eigenvalue weighted by Crippen LogP contribution is 2.33. The molecule has 0 spiro atoms. The van der Waals surface area contributed by atoms with E-state index >= 15 is 0 Å². The Balaban J connectivity index is 1.49. The summed E-state index contributed by atoms with van der Waals surface area (Å²) in [5.74, 6) is -2.92. The average molecular weight is 422 g/mol. The van der Waals surface area contributed by atoms with Crippen LogP contribution in [0.3, 0.4) is 0 Å². The first-order valence-electron chi connectivity index (χ1n) is 9.48. The topological polar surface area (TPSA) is 148 Å². The van der Waals surface area contributed by atoms with Gasteiger partial charge in [0, 0.05) is 17.8 Å². The zero-order chi connectivity index (χ0) is 22.1. The fourth-order valence-corrected chi connectivity index (χ4v) is 3.51. The van der Waals surface area contributed by atoms with Gasteiger partial charge >= 0.3 is 0 Å². The zero-order valence-electron chi connectivity index (χ0n) is 16.2. The maximum atomic E-state index is 13.0. The number of hydrogen-bond donors (Lipinski definition) is 3. The van der Waals surface area contributed by atoms with Crippen LogP contribution in [0.2, 0.25) is 0 Å². The van der Waals surface area contributed by atoms with Crippen molar-refractivity contribution in [3.8, 4) is 5.75 Å². The van der Waals surface area contributed by atoms with Crippen LogP contribution in [0.25, 0.3) is 0 Å². The molecule has 4 rings (SSSR count). The molecule has 0 aromatic heterocycles. The highest BCUT2D eigenvalue weighted by atomic mass is 16.5. The van der Waals surface area contributed by atoms with E-state index in [2.05, 4.69) is 10.6 Å².